The maximum Gasteiger partial charge on any atom is 0.361 e. The van der Waals surface area contributed by atoms with Crippen molar-refractivity contribution in [3.63, 3.8) is 0 Å². The molecule has 1 heterocycles. The molecule has 2 aromatic rings. The van der Waals surface area contributed by atoms with Crippen molar-refractivity contribution < 1.29 is 9.76 Å². The van der Waals surface area contributed by atoms with Gasteiger partial charge in [0.2, 0.25) is 0 Å². The molecule has 1 aliphatic heterocycles. The fourth-order valence-electron chi connectivity index (χ4n) is 2.92. The summed E-state index contributed by atoms with van der Waals surface area (Å²) >= 11 is 0. The molecule has 0 bridgehead atoms. The van der Waals surface area contributed by atoms with E-state index in [1.54, 1.807) is 0 Å². The summed E-state index contributed by atoms with van der Waals surface area (Å²) in [6.45, 7) is 1.83. The van der Waals surface area contributed by atoms with Gasteiger partial charge in [0.05, 0.1) is 6.61 Å². The van der Waals surface area contributed by atoms with Gasteiger partial charge in [-0.2, -0.15) is 0 Å². The molecule has 2 aromatic carbocycles. The summed E-state index contributed by atoms with van der Waals surface area (Å²) in [5.74, 6) is 0. The van der Waals surface area contributed by atoms with Gasteiger partial charge in [-0.1, -0.05) is 54.6 Å². The lowest BCUT2D eigenvalue weighted by Gasteiger charge is -2.18. The minimum atomic E-state index is -0.0589. The minimum Gasteiger partial charge on any atom is -0.425 e. The zero-order valence-corrected chi connectivity index (χ0v) is 12.7. The van der Waals surface area contributed by atoms with E-state index < -0.39 is 0 Å². The van der Waals surface area contributed by atoms with Crippen molar-refractivity contribution >= 4 is 17.8 Å². The SMILES string of the molecule is OCc1ccc(B(OCC2CCCN2)c2ccccc2)cc1. The van der Waals surface area contributed by atoms with Crippen LogP contribution in [0.3, 0.4) is 0 Å². The Kier molecular flexibility index (Phi) is 5.27. The second kappa shape index (κ2) is 7.59. The summed E-state index contributed by atoms with van der Waals surface area (Å²) in [5, 5.41) is 12.7. The third kappa shape index (κ3) is 3.77. The maximum atomic E-state index is 9.19. The van der Waals surface area contributed by atoms with Crippen molar-refractivity contribution in [3.8, 4) is 0 Å². The fourth-order valence-corrected chi connectivity index (χ4v) is 2.92. The van der Waals surface area contributed by atoms with Gasteiger partial charge in [-0.15, -0.1) is 0 Å². The number of nitrogens with one attached hydrogen (secondary N) is 1. The average Bonchev–Trinajstić information content (AvgIpc) is 3.10. The summed E-state index contributed by atoms with van der Waals surface area (Å²) in [4.78, 5) is 0. The van der Waals surface area contributed by atoms with Gasteiger partial charge in [0.15, 0.2) is 0 Å². The van der Waals surface area contributed by atoms with Gasteiger partial charge in [-0.05, 0) is 35.9 Å². The number of aliphatic hydroxyl groups is 1. The maximum absolute atomic E-state index is 9.19. The van der Waals surface area contributed by atoms with E-state index in [1.165, 1.54) is 12.8 Å². The van der Waals surface area contributed by atoms with Gasteiger partial charge in [-0.25, -0.2) is 0 Å². The first-order valence-corrected chi connectivity index (χ1v) is 7.96. The molecule has 0 aromatic heterocycles. The molecule has 1 fully saturated rings. The van der Waals surface area contributed by atoms with E-state index in [1.807, 2.05) is 42.5 Å². The third-order valence-electron chi connectivity index (χ3n) is 4.19. The van der Waals surface area contributed by atoms with Crippen LogP contribution in [-0.4, -0.2) is 31.2 Å². The van der Waals surface area contributed by atoms with Crippen LogP contribution < -0.4 is 16.2 Å². The Bertz CT molecular complexity index is 567. The Morgan fingerprint density at radius 2 is 1.77 bits per heavy atom. The Labute approximate surface area is 132 Å². The van der Waals surface area contributed by atoms with E-state index in [2.05, 4.69) is 17.4 Å². The summed E-state index contributed by atoms with van der Waals surface area (Å²) in [5.41, 5.74) is 3.21. The number of benzene rings is 2. The first-order valence-electron chi connectivity index (χ1n) is 7.96. The van der Waals surface area contributed by atoms with Crippen molar-refractivity contribution in [2.45, 2.75) is 25.5 Å². The Hall–Kier alpha value is -1.62. The van der Waals surface area contributed by atoms with Gasteiger partial charge < -0.3 is 15.1 Å². The number of hydrogen-bond donors (Lipinski definition) is 2. The van der Waals surface area contributed by atoms with E-state index in [-0.39, 0.29) is 13.5 Å². The van der Waals surface area contributed by atoms with Crippen LogP contribution in [0.5, 0.6) is 0 Å². The van der Waals surface area contributed by atoms with Crippen molar-refractivity contribution in [2.24, 2.45) is 0 Å². The van der Waals surface area contributed by atoms with Gasteiger partial charge in [0, 0.05) is 12.6 Å². The highest BCUT2D eigenvalue weighted by Gasteiger charge is 2.23. The van der Waals surface area contributed by atoms with Gasteiger partial charge in [-0.3, -0.25) is 0 Å². The Morgan fingerprint density at radius 3 is 2.41 bits per heavy atom. The molecule has 1 saturated heterocycles. The first-order chi connectivity index (χ1) is 10.9. The summed E-state index contributed by atoms with van der Waals surface area (Å²) in [6.07, 6.45) is 2.42. The lowest BCUT2D eigenvalue weighted by Crippen LogP contribution is -2.47. The van der Waals surface area contributed by atoms with E-state index in [0.717, 1.165) is 29.6 Å². The molecule has 1 unspecified atom stereocenters. The molecule has 22 heavy (non-hydrogen) atoms. The first kappa shape index (κ1) is 15.3. The molecule has 1 atom stereocenters. The topological polar surface area (TPSA) is 41.5 Å². The predicted octanol–water partition coefficient (Wildman–Crippen LogP) is 1.05. The molecule has 0 spiro atoms. The monoisotopic (exact) mass is 295 g/mol. The van der Waals surface area contributed by atoms with E-state index in [0.29, 0.717) is 6.04 Å². The van der Waals surface area contributed by atoms with Crippen molar-refractivity contribution in [3.05, 3.63) is 60.2 Å². The second-order valence-corrected chi connectivity index (χ2v) is 5.82. The van der Waals surface area contributed by atoms with Gasteiger partial charge >= 0.3 is 6.92 Å². The standard InChI is InChI=1S/C18H22BNO2/c21-13-15-8-10-17(11-9-15)19(16-5-2-1-3-6-16)22-14-18-7-4-12-20-18/h1-3,5-6,8-11,18,20-21H,4,7,12-14H2. The molecule has 3 rings (SSSR count). The summed E-state index contributed by atoms with van der Waals surface area (Å²) in [7, 11) is 0. The summed E-state index contributed by atoms with van der Waals surface area (Å²) in [6, 6.07) is 18.8. The van der Waals surface area contributed by atoms with Crippen LogP contribution in [0.15, 0.2) is 54.6 Å². The van der Waals surface area contributed by atoms with E-state index in [4.69, 9.17) is 4.65 Å². The van der Waals surface area contributed by atoms with Crippen LogP contribution in [0, 0.1) is 0 Å². The molecule has 3 nitrogen and oxygen atoms in total. The Balaban J connectivity index is 1.78. The third-order valence-corrected chi connectivity index (χ3v) is 4.19. The molecule has 1 aliphatic rings. The predicted molar refractivity (Wildman–Crippen MR) is 90.8 cm³/mol. The second-order valence-electron chi connectivity index (χ2n) is 5.82. The normalized spacial score (nSPS) is 17.6. The Morgan fingerprint density at radius 1 is 1.05 bits per heavy atom. The lowest BCUT2D eigenvalue weighted by atomic mass is 9.55. The van der Waals surface area contributed by atoms with Crippen molar-refractivity contribution in [1.29, 1.82) is 0 Å². The molecule has 4 heteroatoms. The van der Waals surface area contributed by atoms with Crippen LogP contribution in [0.25, 0.3) is 0 Å². The molecule has 0 aliphatic carbocycles. The average molecular weight is 295 g/mol. The van der Waals surface area contributed by atoms with Crippen LogP contribution in [0.1, 0.15) is 18.4 Å². The van der Waals surface area contributed by atoms with Crippen molar-refractivity contribution in [2.75, 3.05) is 13.2 Å². The number of rotatable bonds is 6. The van der Waals surface area contributed by atoms with E-state index >= 15 is 0 Å². The minimum absolute atomic E-state index is 0.0589. The summed E-state index contributed by atoms with van der Waals surface area (Å²) < 4.78 is 6.25. The molecule has 0 radical (unpaired) electrons. The zero-order chi connectivity index (χ0) is 15.2. The largest absolute Gasteiger partial charge is 0.425 e. The van der Waals surface area contributed by atoms with E-state index in [9.17, 15) is 5.11 Å². The van der Waals surface area contributed by atoms with Crippen LogP contribution >= 0.6 is 0 Å². The van der Waals surface area contributed by atoms with Crippen molar-refractivity contribution in [1.82, 2.24) is 5.32 Å². The van der Waals surface area contributed by atoms with Gasteiger partial charge in [0.25, 0.3) is 0 Å². The van der Waals surface area contributed by atoms with Crippen LogP contribution in [0.4, 0.5) is 0 Å². The highest BCUT2D eigenvalue weighted by molar-refractivity contribution is 6.80. The molecular weight excluding hydrogens is 273 g/mol. The lowest BCUT2D eigenvalue weighted by molar-refractivity contribution is 0.281. The molecule has 0 amide bonds. The number of aliphatic hydroxyl groups excluding tert-OH is 1. The molecule has 114 valence electrons. The molecule has 2 N–H and O–H groups in total. The van der Waals surface area contributed by atoms with Crippen LogP contribution in [0.2, 0.25) is 0 Å². The highest BCUT2D eigenvalue weighted by Crippen LogP contribution is 2.06. The molecule has 0 saturated carbocycles. The highest BCUT2D eigenvalue weighted by atomic mass is 16.4. The fraction of sp³-hybridized carbons (Fsp3) is 0.333. The zero-order valence-electron chi connectivity index (χ0n) is 12.7. The smallest absolute Gasteiger partial charge is 0.361 e. The quantitative estimate of drug-likeness (QED) is 0.783. The number of hydrogen-bond acceptors (Lipinski definition) is 3. The molecular formula is C18H22BNO2. The van der Waals surface area contributed by atoms with Crippen LogP contribution in [-0.2, 0) is 11.3 Å². The van der Waals surface area contributed by atoms with Gasteiger partial charge in [0.1, 0.15) is 0 Å².